The maximum atomic E-state index is 17.8. The van der Waals surface area contributed by atoms with E-state index in [2.05, 4.69) is 81.7 Å². The van der Waals surface area contributed by atoms with E-state index < -0.39 is 34.6 Å². The van der Waals surface area contributed by atoms with Gasteiger partial charge in [0.1, 0.15) is 93.7 Å². The predicted octanol–water partition coefficient (Wildman–Crippen LogP) is 14.5. The Morgan fingerprint density at radius 1 is 0.424 bits per heavy atom. The smallest absolute Gasteiger partial charge is 0.319 e. The second-order valence-corrected chi connectivity index (χ2v) is 38.7. The van der Waals surface area contributed by atoms with Gasteiger partial charge in [-0.05, 0) is 240 Å². The number of rotatable bonds is 18. The Labute approximate surface area is 760 Å². The molecule has 12 saturated heterocycles. The highest BCUT2D eigenvalue weighted by Gasteiger charge is 2.54. The van der Waals surface area contributed by atoms with Gasteiger partial charge in [0.15, 0.2) is 17.5 Å². The molecule has 24 rings (SSSR count). The van der Waals surface area contributed by atoms with Crippen molar-refractivity contribution in [1.82, 2.24) is 75.5 Å². The summed E-state index contributed by atoms with van der Waals surface area (Å²) in [5.41, 5.74) is 5.71. The highest BCUT2D eigenvalue weighted by Crippen LogP contribution is 2.56. The third-order valence-electron chi connectivity index (χ3n) is 31.6. The van der Waals surface area contributed by atoms with E-state index in [0.29, 0.717) is 218 Å². The fourth-order valence-corrected chi connectivity index (χ4v) is 25.8. The highest BCUT2D eigenvalue weighted by atomic mass is 19.1. The lowest BCUT2D eigenvalue weighted by atomic mass is 9.87. The molecule has 132 heavy (non-hydrogen) atoms. The maximum Gasteiger partial charge on any atom is 0.319 e. The lowest BCUT2D eigenvalue weighted by Crippen LogP contribution is -2.51. The number of ether oxygens (including phenoxy) is 3. The quantitative estimate of drug-likeness (QED) is 0.0435. The molecule has 664 valence electrons. The van der Waals surface area contributed by atoms with Crippen molar-refractivity contribution in [2.24, 2.45) is 0 Å². The topological polar surface area (TPSA) is 284 Å². The predicted molar refractivity (Wildman–Crippen MR) is 499 cm³/mol. The Kier molecular flexibility index (Phi) is 19.6. The average molecular weight is 1770 g/mol. The molecule has 6 bridgehead atoms. The fourth-order valence-electron chi connectivity index (χ4n) is 25.8. The first-order valence-corrected chi connectivity index (χ1v) is 46.5. The molecule has 0 saturated carbocycles. The summed E-state index contributed by atoms with van der Waals surface area (Å²) in [6, 6.07) is 18.8. The number of aromatic hydroxyl groups is 3. The van der Waals surface area contributed by atoms with Gasteiger partial charge in [-0.3, -0.25) is 14.7 Å². The number of halogens is 3. The molecule has 28 heteroatoms. The third kappa shape index (κ3) is 13.1. The normalized spacial score (nSPS) is 25.2. The second kappa shape index (κ2) is 31.5. The summed E-state index contributed by atoms with van der Waals surface area (Å²) in [5.74, 6) is 10.5. The van der Waals surface area contributed by atoms with E-state index in [1.165, 1.54) is 24.3 Å². The number of hydrogen-bond donors (Lipinski definition) is 6. The molecule has 12 aromatic rings. The molecule has 0 aliphatic carbocycles. The van der Waals surface area contributed by atoms with Gasteiger partial charge in [-0.2, -0.15) is 35.2 Å². The van der Waals surface area contributed by atoms with Crippen molar-refractivity contribution in [2.45, 2.75) is 181 Å². The number of benzene rings is 6. The number of hydrogen-bond acceptors (Lipinski definition) is 25. The molecule has 10 unspecified atom stereocenters. The lowest BCUT2D eigenvalue weighted by molar-refractivity contribution is 0.0848. The minimum atomic E-state index is -0.627. The van der Waals surface area contributed by atoms with Crippen LogP contribution in [0.3, 0.4) is 0 Å². The number of terminal acetylenes is 4. The Bertz CT molecular complexity index is 7160. The van der Waals surface area contributed by atoms with Gasteiger partial charge in [0.05, 0.1) is 44.4 Å². The van der Waals surface area contributed by atoms with Crippen molar-refractivity contribution in [3.05, 3.63) is 148 Å². The lowest BCUT2D eigenvalue weighted by Gasteiger charge is -2.36. The molecule has 0 radical (unpaired) electrons. The van der Waals surface area contributed by atoms with Gasteiger partial charge in [-0.25, -0.2) is 28.1 Å². The number of pyridine rings is 3. The van der Waals surface area contributed by atoms with E-state index in [-0.39, 0.29) is 124 Å². The first-order valence-electron chi connectivity index (χ1n) is 46.5. The van der Waals surface area contributed by atoms with E-state index in [1.54, 1.807) is 61.1 Å². The number of aromatic nitrogens is 9. The summed E-state index contributed by atoms with van der Waals surface area (Å²) in [7, 11) is 0. The maximum absolute atomic E-state index is 17.8. The van der Waals surface area contributed by atoms with Crippen LogP contribution in [0.2, 0.25) is 0 Å². The van der Waals surface area contributed by atoms with Crippen LogP contribution in [-0.2, 0) is 0 Å². The summed E-state index contributed by atoms with van der Waals surface area (Å²) in [5, 5.41) is 61.1. The molecule has 12 aliphatic rings. The second-order valence-electron chi connectivity index (χ2n) is 38.7. The zero-order valence-corrected chi connectivity index (χ0v) is 73.0. The third-order valence-corrected chi connectivity index (χ3v) is 31.6. The molecular weight excluding hydrogens is 1670 g/mol. The number of nitriles is 1. The van der Waals surface area contributed by atoms with Crippen molar-refractivity contribution >= 4 is 88.9 Å². The van der Waals surface area contributed by atoms with Crippen LogP contribution < -0.4 is 44.9 Å². The van der Waals surface area contributed by atoms with Crippen molar-refractivity contribution < 1.29 is 42.7 Å². The number of fused-ring (bicyclic) bond motifs is 15. The minimum absolute atomic E-state index is 0.0226. The number of nitrogens with one attached hydrogen (secondary N) is 3. The number of phenolic OH excluding ortho intramolecular Hbond substituents is 3. The molecular formula is C104H96F3N19O6. The van der Waals surface area contributed by atoms with Crippen LogP contribution in [0, 0.1) is 78.2 Å². The summed E-state index contributed by atoms with van der Waals surface area (Å²) in [4.78, 5) is 60.5. The van der Waals surface area contributed by atoms with Crippen LogP contribution in [0.4, 0.5) is 30.6 Å². The number of piperazine rings is 3. The summed E-state index contributed by atoms with van der Waals surface area (Å²) < 4.78 is 71.8. The fraction of sp³-hybridized carbons (Fsp3) is 0.404. The van der Waals surface area contributed by atoms with Crippen LogP contribution in [0.15, 0.2) is 85.8 Å². The van der Waals surface area contributed by atoms with Crippen LogP contribution in [-0.4, -0.2) is 213 Å². The van der Waals surface area contributed by atoms with Gasteiger partial charge >= 0.3 is 18.0 Å². The van der Waals surface area contributed by atoms with Gasteiger partial charge in [0.25, 0.3) is 0 Å². The molecule has 6 N–H and O–H groups in total. The van der Waals surface area contributed by atoms with Crippen molar-refractivity contribution in [3.8, 4) is 124 Å². The standard InChI is InChI=1S/C104H96F3N19O6/c1-6-66-79(75-36-63(127)35-56-15-22-82(105)68(8-3)87(56)75)44-109-93-90(66)115-99(118-96(93)121-47-57-16-17-58(48-121)112-57)131-54-103-27-13-33-125(103)85(23-29-103)71-41-83(106)69(9-4)88-73(71)37-64(128)39-76(88)80-45-110-94-91(67(80)7-2)116-100(119-97(94)122-49-59-18-19-60(50-122)113-59)132-55-104-28-14-34-126(104)86(24-30-104)72-42-84(107)70(10-5)89-74(72)38-65(129)40-77(89)81-46-111-95-92(78(81)43-108)117-101(130-53-102-25-11-31-124(102)32-12-26-102)120-98(95)123-51-61-20-21-62(52-123)114-61/h2-6,15,22,35-42,44-46,57-62,85-86,112-114,127-129H,1,11-14,16-21,23-34,47-55H2. The van der Waals surface area contributed by atoms with E-state index >= 15 is 13.2 Å². The first kappa shape index (κ1) is 82.0. The van der Waals surface area contributed by atoms with Gasteiger partial charge in [-0.1, -0.05) is 42.4 Å². The molecule has 10 atom stereocenters. The van der Waals surface area contributed by atoms with E-state index in [9.17, 15) is 20.6 Å². The van der Waals surface area contributed by atoms with Crippen molar-refractivity contribution in [3.63, 3.8) is 0 Å². The van der Waals surface area contributed by atoms with E-state index in [4.69, 9.17) is 84.8 Å². The molecule has 0 amide bonds. The van der Waals surface area contributed by atoms with Crippen LogP contribution in [0.1, 0.15) is 172 Å². The number of nitrogens with zero attached hydrogens (tertiary/aromatic N) is 16. The van der Waals surface area contributed by atoms with Crippen molar-refractivity contribution in [2.75, 3.05) is 100.0 Å². The van der Waals surface area contributed by atoms with Crippen LogP contribution in [0.5, 0.6) is 35.3 Å². The monoisotopic (exact) mass is 1760 g/mol. The van der Waals surface area contributed by atoms with Gasteiger partial charge < -0.3 is 60.2 Å². The molecule has 12 fully saturated rings. The molecule has 6 aromatic carbocycles. The Morgan fingerprint density at radius 3 is 1.26 bits per heavy atom. The Balaban J connectivity index is 0.559. The summed E-state index contributed by atoms with van der Waals surface area (Å²) in [6.45, 7) is 12.3. The number of anilines is 3. The van der Waals surface area contributed by atoms with Crippen LogP contribution >= 0.6 is 0 Å². The summed E-state index contributed by atoms with van der Waals surface area (Å²) in [6.07, 6.45) is 48.1. The largest absolute Gasteiger partial charge is 0.508 e. The van der Waals surface area contributed by atoms with Gasteiger partial charge in [-0.15, -0.1) is 25.7 Å². The SMILES string of the molecule is C#Cc1c(-c2cc(O)cc3c(C4CCC5(COc6nc(N7CC8CCC(C7)N8)c7ncc(-c8cc(O)cc9ccc(F)c(C#C)c89)c(C=C)c7n6)CCCN45)cc(F)c(C#C)c23)cnc2c(N3CC4CCC(C3)N4)nc(OCC34CCCN3C(c3cc(F)c(C#C)c5c(-c6cnc7c(N8CC9CCC(C8)N9)nc(OCC89CCCN8CCC9)nc7c6C#N)cc(O)cc35)CC4)nc12. The van der Waals surface area contributed by atoms with E-state index in [1.807, 2.05) is 0 Å². The Morgan fingerprint density at radius 2 is 0.811 bits per heavy atom. The molecule has 6 aromatic heterocycles. The number of phenols is 3. The minimum Gasteiger partial charge on any atom is -0.508 e. The van der Waals surface area contributed by atoms with Gasteiger partial charge in [0, 0.05) is 145 Å². The molecule has 12 aliphatic heterocycles. The summed E-state index contributed by atoms with van der Waals surface area (Å²) >= 11 is 0. The van der Waals surface area contributed by atoms with E-state index in [0.717, 1.165) is 103 Å². The molecule has 18 heterocycles. The van der Waals surface area contributed by atoms with Gasteiger partial charge in [0.2, 0.25) is 0 Å². The molecule has 0 spiro atoms. The first-order chi connectivity index (χ1) is 64.4. The van der Waals surface area contributed by atoms with Crippen LogP contribution in [0.25, 0.3) is 105 Å². The zero-order chi connectivity index (χ0) is 89.5. The highest BCUT2D eigenvalue weighted by molar-refractivity contribution is 6.10. The molecule has 25 nitrogen and oxygen atoms in total. The van der Waals surface area contributed by atoms with Crippen molar-refractivity contribution in [1.29, 1.82) is 5.26 Å². The Hall–Kier alpha value is -13.2. The average Bonchev–Trinajstić information content (AvgIpc) is 1.36. The zero-order valence-electron chi connectivity index (χ0n) is 73.0.